The predicted octanol–water partition coefficient (Wildman–Crippen LogP) is 3.69. The molecule has 2 N–H and O–H groups in total. The molecule has 120 valence electrons. The highest BCUT2D eigenvalue weighted by molar-refractivity contribution is 6.35. The molecule has 1 aromatic carbocycles. The van der Waals surface area contributed by atoms with E-state index in [9.17, 15) is 14.7 Å². The lowest BCUT2D eigenvalue weighted by Gasteiger charge is -2.37. The van der Waals surface area contributed by atoms with Crippen LogP contribution in [0.4, 0.5) is 0 Å². The van der Waals surface area contributed by atoms with E-state index in [0.717, 1.165) is 12.8 Å². The standard InChI is InChI=1S/C16H19Cl2NO3/c1-10-3-2-6-16(9-10,15(21)22)19-14(20)7-11-4-5-12(17)8-13(11)18/h4-5,8,10H,2-3,6-7,9H2,1H3,(H,19,20)(H,21,22). The zero-order valence-electron chi connectivity index (χ0n) is 12.4. The molecule has 1 amide bonds. The van der Waals surface area contributed by atoms with Crippen LogP contribution in [-0.4, -0.2) is 22.5 Å². The number of hydrogen-bond donors (Lipinski definition) is 2. The summed E-state index contributed by atoms with van der Waals surface area (Å²) in [5.41, 5.74) is -0.527. The van der Waals surface area contributed by atoms with Crippen molar-refractivity contribution in [3.63, 3.8) is 0 Å². The summed E-state index contributed by atoms with van der Waals surface area (Å²) in [6, 6.07) is 4.91. The summed E-state index contributed by atoms with van der Waals surface area (Å²) in [5, 5.41) is 13.2. The van der Waals surface area contributed by atoms with E-state index >= 15 is 0 Å². The Morgan fingerprint density at radius 3 is 2.73 bits per heavy atom. The van der Waals surface area contributed by atoms with Gasteiger partial charge in [-0.1, -0.05) is 49.0 Å². The minimum atomic E-state index is -1.16. The maximum absolute atomic E-state index is 12.3. The average molecular weight is 344 g/mol. The fourth-order valence-electron chi connectivity index (χ4n) is 3.06. The zero-order valence-corrected chi connectivity index (χ0v) is 13.9. The van der Waals surface area contributed by atoms with Crippen LogP contribution in [0.15, 0.2) is 18.2 Å². The van der Waals surface area contributed by atoms with Gasteiger partial charge in [0.25, 0.3) is 0 Å². The highest BCUT2D eigenvalue weighted by atomic mass is 35.5. The summed E-state index contributed by atoms with van der Waals surface area (Å²) in [5.74, 6) is -1.01. The number of carboxylic acids is 1. The minimum absolute atomic E-state index is 0.0411. The van der Waals surface area contributed by atoms with Crippen molar-refractivity contribution < 1.29 is 14.7 Å². The molecule has 1 aliphatic carbocycles. The zero-order chi connectivity index (χ0) is 16.3. The number of carboxylic acid groups (broad SMARTS) is 1. The Labute approximate surface area is 139 Å². The number of amides is 1. The van der Waals surface area contributed by atoms with E-state index in [2.05, 4.69) is 5.32 Å². The van der Waals surface area contributed by atoms with E-state index in [1.807, 2.05) is 6.92 Å². The van der Waals surface area contributed by atoms with Gasteiger partial charge < -0.3 is 10.4 Å². The molecule has 0 spiro atoms. The molecule has 6 heteroatoms. The summed E-state index contributed by atoms with van der Waals surface area (Å²) >= 11 is 11.9. The topological polar surface area (TPSA) is 66.4 Å². The van der Waals surface area contributed by atoms with Gasteiger partial charge in [-0.2, -0.15) is 0 Å². The Bertz CT molecular complexity index is 591. The van der Waals surface area contributed by atoms with Crippen molar-refractivity contribution in [1.82, 2.24) is 5.32 Å². The maximum atomic E-state index is 12.3. The molecule has 0 heterocycles. The molecule has 0 aliphatic heterocycles. The third kappa shape index (κ3) is 3.93. The first-order chi connectivity index (χ1) is 10.3. The normalized spacial score (nSPS) is 24.8. The van der Waals surface area contributed by atoms with E-state index < -0.39 is 11.5 Å². The van der Waals surface area contributed by atoms with Gasteiger partial charge in [-0.15, -0.1) is 0 Å². The van der Waals surface area contributed by atoms with Crippen LogP contribution >= 0.6 is 23.2 Å². The minimum Gasteiger partial charge on any atom is -0.480 e. The number of rotatable bonds is 4. The first-order valence-corrected chi connectivity index (χ1v) is 8.06. The van der Waals surface area contributed by atoms with Crippen LogP contribution < -0.4 is 5.32 Å². The highest BCUT2D eigenvalue weighted by Crippen LogP contribution is 2.33. The number of hydrogen-bond acceptors (Lipinski definition) is 2. The Morgan fingerprint density at radius 1 is 1.41 bits per heavy atom. The molecule has 4 nitrogen and oxygen atoms in total. The summed E-state index contributed by atoms with van der Waals surface area (Å²) in [4.78, 5) is 23.9. The maximum Gasteiger partial charge on any atom is 0.329 e. The van der Waals surface area contributed by atoms with Crippen LogP contribution in [0.1, 0.15) is 38.2 Å². The van der Waals surface area contributed by atoms with Crippen LogP contribution in [0.2, 0.25) is 10.0 Å². The van der Waals surface area contributed by atoms with Gasteiger partial charge in [-0.3, -0.25) is 4.79 Å². The van der Waals surface area contributed by atoms with E-state index in [0.29, 0.717) is 28.5 Å². The van der Waals surface area contributed by atoms with E-state index in [-0.39, 0.29) is 18.2 Å². The van der Waals surface area contributed by atoms with Gasteiger partial charge in [0.05, 0.1) is 6.42 Å². The molecule has 22 heavy (non-hydrogen) atoms. The molecule has 1 fully saturated rings. The van der Waals surface area contributed by atoms with E-state index in [4.69, 9.17) is 23.2 Å². The molecule has 1 aliphatic rings. The summed E-state index contributed by atoms with van der Waals surface area (Å²) in [6.45, 7) is 2.01. The molecule has 0 saturated heterocycles. The van der Waals surface area contributed by atoms with Gasteiger partial charge in [-0.05, 0) is 36.5 Å². The number of nitrogens with one attached hydrogen (secondary N) is 1. The van der Waals surface area contributed by atoms with Crippen molar-refractivity contribution in [2.24, 2.45) is 5.92 Å². The third-order valence-corrected chi connectivity index (χ3v) is 4.74. The van der Waals surface area contributed by atoms with Crippen molar-refractivity contribution in [2.45, 2.75) is 44.6 Å². The van der Waals surface area contributed by atoms with Crippen molar-refractivity contribution in [3.8, 4) is 0 Å². The lowest BCUT2D eigenvalue weighted by molar-refractivity contribution is -0.150. The first-order valence-electron chi connectivity index (χ1n) is 7.31. The third-order valence-electron chi connectivity index (χ3n) is 4.15. The van der Waals surface area contributed by atoms with Gasteiger partial charge in [0.1, 0.15) is 5.54 Å². The Morgan fingerprint density at radius 2 is 2.14 bits per heavy atom. The van der Waals surface area contributed by atoms with Crippen LogP contribution in [-0.2, 0) is 16.0 Å². The second-order valence-corrected chi connectivity index (χ2v) is 6.89. The van der Waals surface area contributed by atoms with Crippen LogP contribution in [0, 0.1) is 5.92 Å². The SMILES string of the molecule is CC1CCCC(NC(=O)Cc2ccc(Cl)cc2Cl)(C(=O)O)C1. The van der Waals surface area contributed by atoms with Gasteiger partial charge in [0.15, 0.2) is 0 Å². The molecular weight excluding hydrogens is 325 g/mol. The fraction of sp³-hybridized carbons (Fsp3) is 0.500. The molecule has 2 atom stereocenters. The van der Waals surface area contributed by atoms with Crippen LogP contribution in [0.3, 0.4) is 0 Å². The molecule has 2 rings (SSSR count). The van der Waals surface area contributed by atoms with Crippen molar-refractivity contribution >= 4 is 35.1 Å². The van der Waals surface area contributed by atoms with Crippen molar-refractivity contribution in [3.05, 3.63) is 33.8 Å². The van der Waals surface area contributed by atoms with Crippen molar-refractivity contribution in [2.75, 3.05) is 0 Å². The van der Waals surface area contributed by atoms with Crippen LogP contribution in [0.25, 0.3) is 0 Å². The molecule has 1 aromatic rings. The van der Waals surface area contributed by atoms with E-state index in [1.165, 1.54) is 0 Å². The number of aliphatic carboxylic acids is 1. The fourth-order valence-corrected chi connectivity index (χ4v) is 3.54. The monoisotopic (exact) mass is 343 g/mol. The van der Waals surface area contributed by atoms with Gasteiger partial charge in [0.2, 0.25) is 5.91 Å². The molecule has 1 saturated carbocycles. The van der Waals surface area contributed by atoms with Gasteiger partial charge in [0, 0.05) is 10.0 Å². The Kier molecular flexibility index (Phi) is 5.35. The Hall–Kier alpha value is -1.26. The summed E-state index contributed by atoms with van der Waals surface area (Å²) in [7, 11) is 0. The molecule has 0 radical (unpaired) electrons. The molecule has 0 bridgehead atoms. The highest BCUT2D eigenvalue weighted by Gasteiger charge is 2.43. The number of carbonyl (C=O) groups excluding carboxylic acids is 1. The molecular formula is C16H19Cl2NO3. The predicted molar refractivity (Wildman–Crippen MR) is 86.3 cm³/mol. The first kappa shape index (κ1) is 17.1. The number of halogens is 2. The summed E-state index contributed by atoms with van der Waals surface area (Å²) in [6.07, 6.45) is 2.76. The average Bonchev–Trinajstić information content (AvgIpc) is 2.41. The van der Waals surface area contributed by atoms with Gasteiger partial charge in [-0.25, -0.2) is 4.79 Å². The second-order valence-electron chi connectivity index (χ2n) is 6.05. The van der Waals surface area contributed by atoms with Gasteiger partial charge >= 0.3 is 5.97 Å². The lowest BCUT2D eigenvalue weighted by atomic mass is 9.76. The molecule has 0 aromatic heterocycles. The quantitative estimate of drug-likeness (QED) is 0.876. The summed E-state index contributed by atoms with van der Waals surface area (Å²) < 4.78 is 0. The largest absolute Gasteiger partial charge is 0.480 e. The second kappa shape index (κ2) is 6.88. The van der Waals surface area contributed by atoms with Crippen molar-refractivity contribution in [1.29, 1.82) is 0 Å². The number of carbonyl (C=O) groups is 2. The van der Waals surface area contributed by atoms with E-state index in [1.54, 1.807) is 18.2 Å². The smallest absolute Gasteiger partial charge is 0.329 e. The molecule has 2 unspecified atom stereocenters. The Balaban J connectivity index is 2.10. The lowest BCUT2D eigenvalue weighted by Crippen LogP contribution is -2.57. The number of benzene rings is 1. The van der Waals surface area contributed by atoms with Crippen LogP contribution in [0.5, 0.6) is 0 Å².